The fourth-order valence-corrected chi connectivity index (χ4v) is 4.78. The molecule has 2 aliphatic rings. The van der Waals surface area contributed by atoms with Gasteiger partial charge in [-0.2, -0.15) is 0 Å². The minimum Gasteiger partial charge on any atom is -0.384 e. The van der Waals surface area contributed by atoms with Crippen molar-refractivity contribution < 1.29 is 4.79 Å². The normalized spacial score (nSPS) is 17.0. The molecule has 7 heteroatoms. The molecule has 0 atom stereocenters. The molecule has 32 heavy (non-hydrogen) atoms. The van der Waals surface area contributed by atoms with Crippen LogP contribution in [0.1, 0.15) is 48.1 Å². The highest BCUT2D eigenvalue weighted by molar-refractivity contribution is 5.95. The van der Waals surface area contributed by atoms with Crippen LogP contribution in [0.2, 0.25) is 0 Å². The largest absolute Gasteiger partial charge is 0.384 e. The third-order valence-electron chi connectivity index (χ3n) is 6.89. The molecular formula is C25H27N5O2. The van der Waals surface area contributed by atoms with E-state index in [-0.39, 0.29) is 17.3 Å². The Morgan fingerprint density at radius 1 is 1.12 bits per heavy atom. The molecule has 1 aliphatic carbocycles. The number of nitrogens with one attached hydrogen (secondary N) is 1. The van der Waals surface area contributed by atoms with Gasteiger partial charge >= 0.3 is 0 Å². The van der Waals surface area contributed by atoms with Crippen molar-refractivity contribution in [1.29, 1.82) is 5.41 Å². The first-order chi connectivity index (χ1) is 15.4. The SMILES string of the molecule is Cn1c(=O)c(Cc2ccc(C(=N)N)cc2)nc2cc(C3(C(=O)N4CCCC4)CC3)ccc21. The lowest BCUT2D eigenvalue weighted by atomic mass is 9.93. The quantitative estimate of drug-likeness (QED) is 0.480. The summed E-state index contributed by atoms with van der Waals surface area (Å²) in [5.41, 5.74) is 9.52. The van der Waals surface area contributed by atoms with Gasteiger partial charge in [-0.1, -0.05) is 30.3 Å². The predicted octanol–water partition coefficient (Wildman–Crippen LogP) is 2.46. The fraction of sp³-hybridized carbons (Fsp3) is 0.360. The molecular weight excluding hydrogens is 402 g/mol. The molecule has 2 fully saturated rings. The molecule has 3 aromatic rings. The van der Waals surface area contributed by atoms with Crippen LogP contribution in [0, 0.1) is 5.41 Å². The Morgan fingerprint density at radius 2 is 1.81 bits per heavy atom. The molecule has 1 aromatic heterocycles. The number of aromatic nitrogens is 2. The minimum absolute atomic E-state index is 0.0151. The van der Waals surface area contributed by atoms with E-state index in [2.05, 4.69) is 0 Å². The standard InChI is InChI=1S/C25H27N5O2/c1-29-21-9-8-18(25(10-11-25)24(32)30-12-2-3-13-30)15-19(21)28-20(23(29)31)14-16-4-6-17(7-5-16)22(26)27/h4-9,15H,2-3,10-14H2,1H3,(H3,26,27). The minimum atomic E-state index is -0.419. The maximum Gasteiger partial charge on any atom is 0.272 e. The van der Waals surface area contributed by atoms with Gasteiger partial charge in [-0.25, -0.2) is 4.98 Å². The molecule has 5 rings (SSSR count). The van der Waals surface area contributed by atoms with E-state index in [0.29, 0.717) is 17.7 Å². The third-order valence-corrected chi connectivity index (χ3v) is 6.89. The topological polar surface area (TPSA) is 105 Å². The molecule has 1 saturated carbocycles. The first-order valence-corrected chi connectivity index (χ1v) is 11.1. The second-order valence-electron chi connectivity index (χ2n) is 8.99. The highest BCUT2D eigenvalue weighted by Gasteiger charge is 2.53. The maximum atomic E-state index is 13.2. The zero-order valence-corrected chi connectivity index (χ0v) is 18.2. The molecule has 164 valence electrons. The van der Waals surface area contributed by atoms with E-state index in [1.54, 1.807) is 23.7 Å². The van der Waals surface area contributed by atoms with Crippen molar-refractivity contribution in [1.82, 2.24) is 14.5 Å². The van der Waals surface area contributed by atoms with Gasteiger partial charge in [-0.05, 0) is 48.9 Å². The van der Waals surface area contributed by atoms with Crippen LogP contribution in [0.15, 0.2) is 47.3 Å². The number of rotatable bonds is 5. The van der Waals surface area contributed by atoms with E-state index in [9.17, 15) is 9.59 Å². The van der Waals surface area contributed by atoms with Crippen molar-refractivity contribution in [2.45, 2.75) is 37.5 Å². The Labute approximate surface area is 186 Å². The van der Waals surface area contributed by atoms with E-state index < -0.39 is 5.41 Å². The fourth-order valence-electron chi connectivity index (χ4n) is 4.78. The molecule has 2 aromatic carbocycles. The highest BCUT2D eigenvalue weighted by Crippen LogP contribution is 2.50. The van der Waals surface area contributed by atoms with Crippen molar-refractivity contribution in [3.8, 4) is 0 Å². The number of carbonyl (C=O) groups is 1. The number of nitrogens with two attached hydrogens (primary N) is 1. The van der Waals surface area contributed by atoms with Crippen LogP contribution >= 0.6 is 0 Å². The lowest BCUT2D eigenvalue weighted by Crippen LogP contribution is -2.37. The third kappa shape index (κ3) is 3.38. The van der Waals surface area contributed by atoms with Crippen molar-refractivity contribution >= 4 is 22.8 Å². The molecule has 2 heterocycles. The second-order valence-corrected chi connectivity index (χ2v) is 8.99. The van der Waals surface area contributed by atoms with Crippen LogP contribution in [0.4, 0.5) is 0 Å². The number of amidine groups is 1. The van der Waals surface area contributed by atoms with E-state index in [1.165, 1.54) is 0 Å². The lowest BCUT2D eigenvalue weighted by Gasteiger charge is -2.23. The van der Waals surface area contributed by atoms with Gasteiger partial charge in [-0.3, -0.25) is 15.0 Å². The Morgan fingerprint density at radius 3 is 2.44 bits per heavy atom. The summed E-state index contributed by atoms with van der Waals surface area (Å²) in [6, 6.07) is 13.2. The van der Waals surface area contributed by atoms with Crippen LogP contribution in [-0.2, 0) is 23.7 Å². The number of likely N-dealkylation sites (tertiary alicyclic amines) is 1. The summed E-state index contributed by atoms with van der Waals surface area (Å²) in [5, 5.41) is 7.52. The summed E-state index contributed by atoms with van der Waals surface area (Å²) >= 11 is 0. The van der Waals surface area contributed by atoms with Gasteiger partial charge in [0.1, 0.15) is 11.5 Å². The van der Waals surface area contributed by atoms with Crippen molar-refractivity contribution in [3.63, 3.8) is 0 Å². The summed E-state index contributed by atoms with van der Waals surface area (Å²) in [6.07, 6.45) is 4.30. The van der Waals surface area contributed by atoms with Crippen molar-refractivity contribution in [3.05, 3.63) is 75.2 Å². The predicted molar refractivity (Wildman–Crippen MR) is 124 cm³/mol. The molecule has 3 N–H and O–H groups in total. The van der Waals surface area contributed by atoms with Crippen LogP contribution in [0.3, 0.4) is 0 Å². The van der Waals surface area contributed by atoms with E-state index in [0.717, 1.165) is 60.9 Å². The average molecular weight is 430 g/mol. The number of amides is 1. The van der Waals surface area contributed by atoms with Gasteiger partial charge in [0.25, 0.3) is 5.56 Å². The molecule has 0 unspecified atom stereocenters. The molecule has 1 aliphatic heterocycles. The van der Waals surface area contributed by atoms with Gasteiger partial charge in [0.05, 0.1) is 16.4 Å². The summed E-state index contributed by atoms with van der Waals surface area (Å²) in [6.45, 7) is 1.71. The number of fused-ring (bicyclic) bond motifs is 1. The van der Waals surface area contributed by atoms with E-state index in [1.807, 2.05) is 35.2 Å². The molecule has 7 nitrogen and oxygen atoms in total. The van der Waals surface area contributed by atoms with Crippen LogP contribution in [0.25, 0.3) is 11.0 Å². The van der Waals surface area contributed by atoms with E-state index >= 15 is 0 Å². The van der Waals surface area contributed by atoms with Crippen LogP contribution in [0.5, 0.6) is 0 Å². The zero-order chi connectivity index (χ0) is 22.5. The van der Waals surface area contributed by atoms with Gasteiger partial charge in [0.2, 0.25) is 5.91 Å². The Balaban J connectivity index is 1.50. The van der Waals surface area contributed by atoms with Gasteiger partial charge in [0.15, 0.2) is 0 Å². The Kier molecular flexibility index (Phi) is 4.84. The van der Waals surface area contributed by atoms with Gasteiger partial charge in [0, 0.05) is 32.1 Å². The highest BCUT2D eigenvalue weighted by atomic mass is 16.2. The first kappa shape index (κ1) is 20.4. The Hall–Kier alpha value is -3.48. The summed E-state index contributed by atoms with van der Waals surface area (Å²) in [7, 11) is 1.76. The maximum absolute atomic E-state index is 13.2. The van der Waals surface area contributed by atoms with E-state index in [4.69, 9.17) is 16.1 Å². The molecule has 1 saturated heterocycles. The lowest BCUT2D eigenvalue weighted by molar-refractivity contribution is -0.132. The Bertz CT molecular complexity index is 1280. The molecule has 0 radical (unpaired) electrons. The number of carbonyl (C=O) groups excluding carboxylic acids is 1. The summed E-state index contributed by atoms with van der Waals surface area (Å²) < 4.78 is 1.63. The average Bonchev–Trinajstić information content (AvgIpc) is 3.42. The van der Waals surface area contributed by atoms with Crippen LogP contribution in [-0.4, -0.2) is 39.3 Å². The summed E-state index contributed by atoms with van der Waals surface area (Å²) in [4.78, 5) is 32.8. The molecule has 0 spiro atoms. The monoisotopic (exact) mass is 429 g/mol. The molecule has 1 amide bonds. The second kappa shape index (κ2) is 7.58. The van der Waals surface area contributed by atoms with Crippen molar-refractivity contribution in [2.24, 2.45) is 12.8 Å². The summed E-state index contributed by atoms with van der Waals surface area (Å²) in [5.74, 6) is 0.256. The number of aryl methyl sites for hydroxylation is 1. The van der Waals surface area contributed by atoms with Crippen molar-refractivity contribution in [2.75, 3.05) is 13.1 Å². The van der Waals surface area contributed by atoms with Gasteiger partial charge < -0.3 is 15.2 Å². The number of hydrogen-bond donors (Lipinski definition) is 2. The number of hydrogen-bond acceptors (Lipinski definition) is 4. The number of benzene rings is 2. The van der Waals surface area contributed by atoms with Gasteiger partial charge in [-0.15, -0.1) is 0 Å². The number of nitrogen functional groups attached to an aromatic ring is 1. The number of nitrogens with zero attached hydrogens (tertiary/aromatic N) is 3. The smallest absolute Gasteiger partial charge is 0.272 e. The first-order valence-electron chi connectivity index (χ1n) is 11.1. The zero-order valence-electron chi connectivity index (χ0n) is 18.2. The van der Waals surface area contributed by atoms with Crippen LogP contribution < -0.4 is 11.3 Å². The molecule has 0 bridgehead atoms.